The lowest BCUT2D eigenvalue weighted by molar-refractivity contribution is -0.0512. The lowest BCUT2D eigenvalue weighted by Gasteiger charge is -2.17. The van der Waals surface area contributed by atoms with Crippen molar-refractivity contribution >= 4 is 38.1 Å². The van der Waals surface area contributed by atoms with Gasteiger partial charge in [-0.05, 0) is 56.3 Å². The van der Waals surface area contributed by atoms with Gasteiger partial charge in [0.2, 0.25) is 0 Å². The van der Waals surface area contributed by atoms with Crippen LogP contribution in [-0.2, 0) is 6.54 Å². The fourth-order valence-electron chi connectivity index (χ4n) is 3.73. The molecule has 1 aliphatic heterocycles. The summed E-state index contributed by atoms with van der Waals surface area (Å²) in [7, 11) is 0. The average Bonchev–Trinajstić information content (AvgIpc) is 3.53. The fraction of sp³-hybridized carbons (Fsp3) is 0.480. The first-order valence-electron chi connectivity index (χ1n) is 11.4. The second kappa shape index (κ2) is 16.2. The van der Waals surface area contributed by atoms with Crippen molar-refractivity contribution in [1.82, 2.24) is 4.90 Å². The summed E-state index contributed by atoms with van der Waals surface area (Å²) in [6, 6.07) is 9.56. The van der Waals surface area contributed by atoms with Crippen LogP contribution in [0.5, 0.6) is 11.5 Å². The van der Waals surface area contributed by atoms with Gasteiger partial charge in [0.15, 0.2) is 6.29 Å². The summed E-state index contributed by atoms with van der Waals surface area (Å²) in [5.74, 6) is 0.139. The van der Waals surface area contributed by atoms with Gasteiger partial charge >= 0.3 is 13.2 Å². The van der Waals surface area contributed by atoms with E-state index in [9.17, 15) is 22.4 Å². The fourth-order valence-corrected chi connectivity index (χ4v) is 4.41. The minimum Gasteiger partial charge on any atom is -0.434 e. The number of hydrogen-bond acceptors (Lipinski definition) is 4. The van der Waals surface area contributed by atoms with Crippen molar-refractivity contribution in [2.75, 3.05) is 13.1 Å². The van der Waals surface area contributed by atoms with Crippen LogP contribution in [0.1, 0.15) is 60.9 Å². The molecule has 2 aromatic rings. The van der Waals surface area contributed by atoms with Crippen LogP contribution in [0.2, 0.25) is 0 Å². The van der Waals surface area contributed by atoms with E-state index in [0.717, 1.165) is 23.1 Å². The molecule has 2 aromatic carbocycles. The second-order valence-corrected chi connectivity index (χ2v) is 9.89. The predicted octanol–water partition coefficient (Wildman–Crippen LogP) is 8.46. The van der Waals surface area contributed by atoms with Crippen LogP contribution < -0.4 is 9.47 Å². The van der Waals surface area contributed by atoms with Crippen LogP contribution in [0.4, 0.5) is 17.6 Å². The summed E-state index contributed by atoms with van der Waals surface area (Å²) in [5.41, 5.74) is 0.916. The molecule has 0 N–H and O–H groups in total. The van der Waals surface area contributed by atoms with Crippen molar-refractivity contribution in [2.24, 2.45) is 0 Å². The Morgan fingerprint density at radius 3 is 1.77 bits per heavy atom. The molecule has 2 fully saturated rings. The van der Waals surface area contributed by atoms with Gasteiger partial charge in [-0.25, -0.2) is 0 Å². The SMILES string of the molecule is C1CCCC1.FC(F)Oc1cc(Br)ccc1CN1CCCC1.O=Cc1ccc(Br)cc1OC(F)F. The van der Waals surface area contributed by atoms with Gasteiger partial charge in [0.05, 0.1) is 5.56 Å². The molecule has 194 valence electrons. The molecule has 35 heavy (non-hydrogen) atoms. The Morgan fingerprint density at radius 2 is 1.26 bits per heavy atom. The number of halogens is 6. The van der Waals surface area contributed by atoms with E-state index in [1.54, 1.807) is 12.1 Å². The molecule has 1 heterocycles. The van der Waals surface area contributed by atoms with E-state index in [4.69, 9.17) is 0 Å². The molecule has 4 rings (SSSR count). The van der Waals surface area contributed by atoms with Gasteiger partial charge in [-0.2, -0.15) is 17.6 Å². The van der Waals surface area contributed by atoms with E-state index in [1.165, 1.54) is 57.1 Å². The number of benzene rings is 2. The van der Waals surface area contributed by atoms with Gasteiger partial charge < -0.3 is 9.47 Å². The molecule has 4 nitrogen and oxygen atoms in total. The maximum atomic E-state index is 12.3. The number of likely N-dealkylation sites (tertiary alicyclic amines) is 1. The average molecular weight is 627 g/mol. The minimum absolute atomic E-state index is 0.100. The molecule has 2 aliphatic rings. The van der Waals surface area contributed by atoms with Crippen molar-refractivity contribution < 1.29 is 31.8 Å². The van der Waals surface area contributed by atoms with Gasteiger partial charge in [0.1, 0.15) is 11.5 Å². The van der Waals surface area contributed by atoms with Crippen molar-refractivity contribution in [2.45, 2.75) is 64.7 Å². The van der Waals surface area contributed by atoms with E-state index < -0.39 is 13.2 Å². The molecule has 0 amide bonds. The molecular weight excluding hydrogens is 598 g/mol. The molecular formula is C25H29Br2F4NO3. The Hall–Kier alpha value is -1.65. The number of nitrogens with zero attached hydrogens (tertiary/aromatic N) is 1. The van der Waals surface area contributed by atoms with Crippen molar-refractivity contribution in [1.29, 1.82) is 0 Å². The number of ether oxygens (including phenoxy) is 2. The first kappa shape index (κ1) is 29.6. The van der Waals surface area contributed by atoms with Gasteiger partial charge in [-0.3, -0.25) is 9.69 Å². The van der Waals surface area contributed by atoms with E-state index in [1.807, 2.05) is 12.1 Å². The topological polar surface area (TPSA) is 38.8 Å². The Labute approximate surface area is 220 Å². The maximum Gasteiger partial charge on any atom is 0.387 e. The number of aldehydes is 1. The van der Waals surface area contributed by atoms with E-state index in [0.29, 0.717) is 17.3 Å². The van der Waals surface area contributed by atoms with Gasteiger partial charge in [0, 0.05) is 21.1 Å². The molecule has 1 aliphatic carbocycles. The van der Waals surface area contributed by atoms with Crippen molar-refractivity contribution in [3.05, 3.63) is 56.5 Å². The molecule has 0 bridgehead atoms. The lowest BCUT2D eigenvalue weighted by atomic mass is 10.2. The third kappa shape index (κ3) is 11.8. The second-order valence-electron chi connectivity index (χ2n) is 8.06. The summed E-state index contributed by atoms with van der Waals surface area (Å²) >= 11 is 6.34. The number of carbonyl (C=O) groups is 1. The summed E-state index contributed by atoms with van der Waals surface area (Å²) < 4.78 is 58.2. The molecule has 0 aromatic heterocycles. The molecule has 10 heteroatoms. The number of rotatable bonds is 7. The number of alkyl halides is 4. The van der Waals surface area contributed by atoms with E-state index >= 15 is 0 Å². The minimum atomic E-state index is -2.92. The van der Waals surface area contributed by atoms with E-state index in [2.05, 4.69) is 46.2 Å². The summed E-state index contributed by atoms with van der Waals surface area (Å²) in [6.07, 6.45) is 10.3. The molecule has 0 unspecified atom stereocenters. The highest BCUT2D eigenvalue weighted by Crippen LogP contribution is 2.27. The van der Waals surface area contributed by atoms with Crippen LogP contribution in [0.15, 0.2) is 45.3 Å². The zero-order chi connectivity index (χ0) is 25.6. The first-order valence-corrected chi connectivity index (χ1v) is 13.0. The van der Waals surface area contributed by atoms with Crippen LogP contribution in [0.25, 0.3) is 0 Å². The third-order valence-corrected chi connectivity index (χ3v) is 6.39. The van der Waals surface area contributed by atoms with Crippen molar-refractivity contribution in [3.8, 4) is 11.5 Å². The highest BCUT2D eigenvalue weighted by atomic mass is 79.9. The summed E-state index contributed by atoms with van der Waals surface area (Å²) in [4.78, 5) is 12.6. The zero-order valence-corrected chi connectivity index (χ0v) is 22.4. The quantitative estimate of drug-likeness (QED) is 0.228. The highest BCUT2D eigenvalue weighted by Gasteiger charge is 2.16. The maximum absolute atomic E-state index is 12.3. The molecule has 0 atom stereocenters. The normalized spacial score (nSPS) is 15.3. The van der Waals surface area contributed by atoms with Gasteiger partial charge in [-0.15, -0.1) is 0 Å². The molecule has 1 saturated heterocycles. The van der Waals surface area contributed by atoms with Crippen LogP contribution in [0, 0.1) is 0 Å². The van der Waals surface area contributed by atoms with Crippen molar-refractivity contribution in [3.63, 3.8) is 0 Å². The smallest absolute Gasteiger partial charge is 0.387 e. The number of carbonyl (C=O) groups excluding carboxylic acids is 1. The standard InChI is InChI=1S/C12H14BrF2NO.C8H5BrF2O2.C5H10/c13-10-4-3-9(8-16-5-1-2-6-16)11(7-10)17-12(14)15;9-6-2-1-5(4-12)7(3-6)13-8(10)11;1-2-4-5-3-1/h3-4,7,12H,1-2,5-6,8H2;1-4,8H;1-5H2. The molecule has 0 spiro atoms. The van der Waals surface area contributed by atoms with E-state index in [-0.39, 0.29) is 17.1 Å². The first-order chi connectivity index (χ1) is 16.8. The zero-order valence-electron chi connectivity index (χ0n) is 19.2. The van der Waals surface area contributed by atoms with Gasteiger partial charge in [-0.1, -0.05) is 70.0 Å². The Balaban J connectivity index is 0.000000211. The predicted molar refractivity (Wildman–Crippen MR) is 135 cm³/mol. The van der Waals surface area contributed by atoms with Crippen LogP contribution in [0.3, 0.4) is 0 Å². The van der Waals surface area contributed by atoms with Crippen LogP contribution >= 0.6 is 31.9 Å². The Kier molecular flexibility index (Phi) is 13.7. The Bertz CT molecular complexity index is 901. The lowest BCUT2D eigenvalue weighted by Crippen LogP contribution is -2.19. The monoisotopic (exact) mass is 625 g/mol. The van der Waals surface area contributed by atoms with Gasteiger partial charge in [0.25, 0.3) is 0 Å². The molecule has 0 radical (unpaired) electrons. The summed E-state index contributed by atoms with van der Waals surface area (Å²) in [5, 5.41) is 0. The summed E-state index contributed by atoms with van der Waals surface area (Å²) in [6.45, 7) is -2.96. The Morgan fingerprint density at radius 1 is 0.771 bits per heavy atom. The van der Waals surface area contributed by atoms with Crippen LogP contribution in [-0.4, -0.2) is 37.5 Å². The number of hydrogen-bond donors (Lipinski definition) is 0. The molecule has 1 saturated carbocycles. The largest absolute Gasteiger partial charge is 0.434 e. The third-order valence-electron chi connectivity index (χ3n) is 5.41. The highest BCUT2D eigenvalue weighted by molar-refractivity contribution is 9.10.